The molecule has 0 fully saturated rings. The molecule has 136 valence electrons. The average Bonchev–Trinajstić information content (AvgIpc) is 2.61. The van der Waals surface area contributed by atoms with E-state index in [2.05, 4.69) is 4.72 Å². The quantitative estimate of drug-likeness (QED) is 0.746. The Morgan fingerprint density at radius 3 is 2.00 bits per heavy atom. The third kappa shape index (κ3) is 6.25. The summed E-state index contributed by atoms with van der Waals surface area (Å²) in [5.74, 6) is 0. The maximum atomic E-state index is 12.1. The van der Waals surface area contributed by atoms with Crippen LogP contribution in [0.4, 0.5) is 0 Å². The minimum atomic E-state index is -3.45. The molecule has 6 heteroatoms. The van der Waals surface area contributed by atoms with Crippen molar-refractivity contribution in [1.82, 2.24) is 9.03 Å². The van der Waals surface area contributed by atoms with Gasteiger partial charge in [-0.3, -0.25) is 0 Å². The summed E-state index contributed by atoms with van der Waals surface area (Å²) in [6.07, 6.45) is 0. The van der Waals surface area contributed by atoms with E-state index in [1.807, 2.05) is 68.4 Å². The lowest BCUT2D eigenvalue weighted by molar-refractivity contribution is 0.107. The van der Waals surface area contributed by atoms with Crippen LogP contribution in [0, 0.1) is 0 Å². The van der Waals surface area contributed by atoms with Crippen LogP contribution < -0.4 is 4.72 Å². The van der Waals surface area contributed by atoms with Gasteiger partial charge in [0.2, 0.25) is 0 Å². The van der Waals surface area contributed by atoms with Crippen LogP contribution in [-0.4, -0.2) is 25.8 Å². The Balaban J connectivity index is 1.81. The molecule has 0 spiro atoms. The summed E-state index contributed by atoms with van der Waals surface area (Å²) < 4.78 is 33.8. The van der Waals surface area contributed by atoms with Crippen LogP contribution >= 0.6 is 0 Å². The molecule has 5 nitrogen and oxygen atoms in total. The summed E-state index contributed by atoms with van der Waals surface area (Å²) in [5.41, 5.74) is 3.11. The fraction of sp³-hybridized carbons (Fsp3) is 0.368. The topological polar surface area (TPSA) is 58.6 Å². The highest BCUT2D eigenvalue weighted by atomic mass is 32.2. The van der Waals surface area contributed by atoms with Crippen LogP contribution in [0.15, 0.2) is 54.6 Å². The van der Waals surface area contributed by atoms with Crippen molar-refractivity contribution < 1.29 is 13.2 Å². The summed E-state index contributed by atoms with van der Waals surface area (Å²) in [7, 11) is -1.88. The van der Waals surface area contributed by atoms with E-state index in [4.69, 9.17) is 4.74 Å². The smallest absolute Gasteiger partial charge is 0.279 e. The van der Waals surface area contributed by atoms with Gasteiger partial charge in [-0.2, -0.15) is 17.4 Å². The summed E-state index contributed by atoms with van der Waals surface area (Å²) >= 11 is 0. The number of nitrogens with zero attached hydrogens (tertiary/aromatic N) is 1. The molecule has 1 N–H and O–H groups in total. The van der Waals surface area contributed by atoms with Crippen molar-refractivity contribution in [2.75, 3.05) is 7.05 Å². The number of hydrogen-bond acceptors (Lipinski definition) is 3. The summed E-state index contributed by atoms with van der Waals surface area (Å²) in [5, 5.41) is 0. The number of benzene rings is 2. The standard InChI is InChI=1S/C19H26N2O3S/c1-16(2)21(3)25(22,23)20-13-17-9-11-19(12-10-17)15-24-14-18-7-5-4-6-8-18/h4-12,16,20H,13-15H2,1-3H3. The SMILES string of the molecule is CC(C)N(C)S(=O)(=O)NCc1ccc(COCc2ccccc2)cc1. The van der Waals surface area contributed by atoms with Gasteiger partial charge in [-0.15, -0.1) is 0 Å². The van der Waals surface area contributed by atoms with Gasteiger partial charge in [0, 0.05) is 19.6 Å². The van der Waals surface area contributed by atoms with E-state index in [9.17, 15) is 8.42 Å². The second-order valence-corrected chi connectivity index (χ2v) is 8.05. The molecule has 0 saturated carbocycles. The van der Waals surface area contributed by atoms with Gasteiger partial charge in [-0.05, 0) is 30.5 Å². The molecule has 0 saturated heterocycles. The molecule has 2 aromatic rings. The summed E-state index contributed by atoms with van der Waals surface area (Å²) in [6, 6.07) is 17.7. The van der Waals surface area contributed by atoms with Gasteiger partial charge < -0.3 is 4.74 Å². The van der Waals surface area contributed by atoms with E-state index < -0.39 is 10.2 Å². The third-order valence-electron chi connectivity index (χ3n) is 3.97. The Morgan fingerprint density at radius 2 is 1.44 bits per heavy atom. The van der Waals surface area contributed by atoms with E-state index in [0.717, 1.165) is 16.7 Å². The minimum Gasteiger partial charge on any atom is -0.372 e. The molecule has 0 unspecified atom stereocenters. The van der Waals surface area contributed by atoms with E-state index in [-0.39, 0.29) is 12.6 Å². The number of nitrogens with one attached hydrogen (secondary N) is 1. The average molecular weight is 362 g/mol. The van der Waals surface area contributed by atoms with Gasteiger partial charge in [-0.1, -0.05) is 54.6 Å². The lowest BCUT2D eigenvalue weighted by Gasteiger charge is -2.21. The predicted molar refractivity (Wildman–Crippen MR) is 100 cm³/mol. The molecule has 0 heterocycles. The Labute approximate surface area is 150 Å². The minimum absolute atomic E-state index is 0.0818. The lowest BCUT2D eigenvalue weighted by atomic mass is 10.1. The maximum absolute atomic E-state index is 12.1. The maximum Gasteiger partial charge on any atom is 0.279 e. The molecule has 0 aliphatic carbocycles. The van der Waals surface area contributed by atoms with Crippen LogP contribution in [0.3, 0.4) is 0 Å². The van der Waals surface area contributed by atoms with Crippen molar-refractivity contribution >= 4 is 10.2 Å². The van der Waals surface area contributed by atoms with Crippen molar-refractivity contribution in [3.63, 3.8) is 0 Å². The van der Waals surface area contributed by atoms with Crippen molar-refractivity contribution in [2.24, 2.45) is 0 Å². The largest absolute Gasteiger partial charge is 0.372 e. The lowest BCUT2D eigenvalue weighted by Crippen LogP contribution is -2.41. The first-order chi connectivity index (χ1) is 11.9. The molecule has 0 aliphatic rings. The highest BCUT2D eigenvalue weighted by Crippen LogP contribution is 2.09. The zero-order chi connectivity index (χ0) is 18.3. The van der Waals surface area contributed by atoms with Crippen LogP contribution in [0.25, 0.3) is 0 Å². The molecular weight excluding hydrogens is 336 g/mol. The first-order valence-corrected chi connectivity index (χ1v) is 9.74. The van der Waals surface area contributed by atoms with Crippen LogP contribution in [0.2, 0.25) is 0 Å². The van der Waals surface area contributed by atoms with Crippen molar-refractivity contribution in [3.05, 3.63) is 71.3 Å². The summed E-state index contributed by atoms with van der Waals surface area (Å²) in [6.45, 7) is 5.04. The number of hydrogen-bond donors (Lipinski definition) is 1. The van der Waals surface area contributed by atoms with Crippen molar-refractivity contribution in [2.45, 2.75) is 39.6 Å². The molecule has 25 heavy (non-hydrogen) atoms. The third-order valence-corrected chi connectivity index (χ3v) is 5.66. The zero-order valence-electron chi connectivity index (χ0n) is 15.0. The van der Waals surface area contributed by atoms with E-state index in [1.165, 1.54) is 4.31 Å². The van der Waals surface area contributed by atoms with Crippen LogP contribution in [0.1, 0.15) is 30.5 Å². The molecule has 0 radical (unpaired) electrons. The number of rotatable bonds is 9. The molecular formula is C19H26N2O3S. The molecule has 0 atom stereocenters. The first-order valence-electron chi connectivity index (χ1n) is 8.30. The molecule has 0 aliphatic heterocycles. The second-order valence-electron chi connectivity index (χ2n) is 6.23. The molecule has 0 bridgehead atoms. The molecule has 2 aromatic carbocycles. The van der Waals surface area contributed by atoms with Gasteiger partial charge in [0.15, 0.2) is 0 Å². The molecule has 0 aromatic heterocycles. The van der Waals surface area contributed by atoms with Crippen molar-refractivity contribution in [3.8, 4) is 0 Å². The Morgan fingerprint density at radius 1 is 0.920 bits per heavy atom. The van der Waals surface area contributed by atoms with Gasteiger partial charge in [-0.25, -0.2) is 0 Å². The highest BCUT2D eigenvalue weighted by Gasteiger charge is 2.19. The van der Waals surface area contributed by atoms with Crippen molar-refractivity contribution in [1.29, 1.82) is 0 Å². The zero-order valence-corrected chi connectivity index (χ0v) is 15.8. The monoisotopic (exact) mass is 362 g/mol. The Hall–Kier alpha value is -1.73. The molecule has 2 rings (SSSR count). The highest BCUT2D eigenvalue weighted by molar-refractivity contribution is 7.87. The second kappa shape index (κ2) is 9.10. The van der Waals surface area contributed by atoms with E-state index in [1.54, 1.807) is 7.05 Å². The fourth-order valence-corrected chi connectivity index (χ4v) is 3.28. The molecule has 0 amide bonds. The summed E-state index contributed by atoms with van der Waals surface area (Å²) in [4.78, 5) is 0. The number of ether oxygens (including phenoxy) is 1. The van der Waals surface area contributed by atoms with E-state index in [0.29, 0.717) is 13.2 Å². The van der Waals surface area contributed by atoms with Gasteiger partial charge in [0.1, 0.15) is 0 Å². The van der Waals surface area contributed by atoms with Gasteiger partial charge >= 0.3 is 0 Å². The van der Waals surface area contributed by atoms with Crippen LogP contribution in [0.5, 0.6) is 0 Å². The normalized spacial score (nSPS) is 12.0. The Bertz CT molecular complexity index is 744. The fourth-order valence-electron chi connectivity index (χ4n) is 2.17. The Kier molecular flexibility index (Phi) is 7.13. The predicted octanol–water partition coefficient (Wildman–Crippen LogP) is 3.08. The van der Waals surface area contributed by atoms with Crippen LogP contribution in [-0.2, 0) is 34.7 Å². The van der Waals surface area contributed by atoms with Gasteiger partial charge in [0.05, 0.1) is 13.2 Å². The van der Waals surface area contributed by atoms with Gasteiger partial charge in [0.25, 0.3) is 10.2 Å². The van der Waals surface area contributed by atoms with E-state index >= 15 is 0 Å². The first kappa shape index (κ1) is 19.6.